The molecule has 0 bridgehead atoms. The standard InChI is InChI=1S/C30H29F3N4O3/c1-19(2)27-35-26-24(14-9-15-25(26)37(39)40)36(27)17-8-7-16-29(28(38)34-18-30(31,32)33)22-12-5-3-10-20(22)21-11-4-6-13-23(21)29/h3-6,9-15,19H,7-8,16-18H2,1-2H3,(H,34,38). The summed E-state index contributed by atoms with van der Waals surface area (Å²) < 4.78 is 41.4. The van der Waals surface area contributed by atoms with E-state index in [1.165, 1.54) is 6.07 Å². The molecule has 1 heterocycles. The summed E-state index contributed by atoms with van der Waals surface area (Å²) in [6, 6.07) is 19.6. The maximum Gasteiger partial charge on any atom is 0.405 e. The molecule has 208 valence electrons. The van der Waals surface area contributed by atoms with Crippen molar-refractivity contribution < 1.29 is 22.9 Å². The van der Waals surface area contributed by atoms with E-state index in [1.54, 1.807) is 24.3 Å². The number of benzene rings is 3. The van der Waals surface area contributed by atoms with Gasteiger partial charge < -0.3 is 9.88 Å². The highest BCUT2D eigenvalue weighted by atomic mass is 19.4. The van der Waals surface area contributed by atoms with Gasteiger partial charge in [-0.05, 0) is 47.6 Å². The zero-order chi connectivity index (χ0) is 28.7. The van der Waals surface area contributed by atoms with Gasteiger partial charge in [0.1, 0.15) is 17.8 Å². The van der Waals surface area contributed by atoms with Crippen LogP contribution in [0.25, 0.3) is 22.2 Å². The minimum absolute atomic E-state index is 0.0140. The number of hydrogen-bond acceptors (Lipinski definition) is 4. The molecule has 1 aliphatic carbocycles. The first kappa shape index (κ1) is 27.4. The van der Waals surface area contributed by atoms with Crippen LogP contribution in [-0.2, 0) is 16.8 Å². The van der Waals surface area contributed by atoms with Gasteiger partial charge >= 0.3 is 6.18 Å². The molecule has 0 saturated heterocycles. The van der Waals surface area contributed by atoms with Gasteiger partial charge in [-0.3, -0.25) is 14.9 Å². The van der Waals surface area contributed by atoms with Gasteiger partial charge in [-0.2, -0.15) is 13.2 Å². The number of nitro benzene ring substituents is 1. The molecule has 0 atom stereocenters. The number of unbranched alkanes of at least 4 members (excludes halogenated alkanes) is 1. The molecule has 0 fully saturated rings. The van der Waals surface area contributed by atoms with Crippen molar-refractivity contribution >= 4 is 22.6 Å². The fourth-order valence-electron chi connectivity index (χ4n) is 5.92. The summed E-state index contributed by atoms with van der Waals surface area (Å²) in [5, 5.41) is 13.7. The molecular weight excluding hydrogens is 521 g/mol. The second kappa shape index (κ2) is 10.4. The highest BCUT2D eigenvalue weighted by Crippen LogP contribution is 2.51. The number of nitrogens with one attached hydrogen (secondary N) is 1. The normalized spacial score (nSPS) is 13.8. The van der Waals surface area contributed by atoms with Gasteiger partial charge in [-0.25, -0.2) is 4.98 Å². The molecule has 5 rings (SSSR count). The third-order valence-corrected chi connectivity index (χ3v) is 7.58. The van der Waals surface area contributed by atoms with Gasteiger partial charge in [-0.15, -0.1) is 0 Å². The monoisotopic (exact) mass is 550 g/mol. The van der Waals surface area contributed by atoms with E-state index >= 15 is 0 Å². The summed E-state index contributed by atoms with van der Waals surface area (Å²) in [6.45, 7) is 3.02. The number of rotatable bonds is 9. The van der Waals surface area contributed by atoms with E-state index in [-0.39, 0.29) is 11.6 Å². The van der Waals surface area contributed by atoms with Gasteiger partial charge in [0.15, 0.2) is 5.52 Å². The number of halogens is 3. The van der Waals surface area contributed by atoms with E-state index in [0.29, 0.717) is 48.0 Å². The van der Waals surface area contributed by atoms with Crippen molar-refractivity contribution in [3.05, 3.63) is 93.8 Å². The number of non-ortho nitro benzene ring substituents is 1. The quantitative estimate of drug-likeness (QED) is 0.140. The number of aromatic nitrogens is 2. The Morgan fingerprint density at radius 2 is 1.62 bits per heavy atom. The van der Waals surface area contributed by atoms with E-state index in [9.17, 15) is 28.1 Å². The lowest BCUT2D eigenvalue weighted by Crippen LogP contribution is -2.47. The Labute approximate surface area is 229 Å². The highest BCUT2D eigenvalue weighted by molar-refractivity contribution is 6.00. The second-order valence-electron chi connectivity index (χ2n) is 10.4. The Morgan fingerprint density at radius 1 is 1.00 bits per heavy atom. The molecule has 1 aliphatic rings. The zero-order valence-corrected chi connectivity index (χ0v) is 22.2. The van der Waals surface area contributed by atoms with Crippen molar-refractivity contribution in [3.8, 4) is 11.1 Å². The molecule has 0 radical (unpaired) electrons. The number of fused-ring (bicyclic) bond motifs is 4. The SMILES string of the molecule is CC(C)c1nc2c([N+](=O)[O-])cccc2n1CCCCC1(C(=O)NCC(F)(F)F)c2ccccc2-c2ccccc21. The van der Waals surface area contributed by atoms with Crippen molar-refractivity contribution in [1.29, 1.82) is 0 Å². The number of nitrogens with zero attached hydrogens (tertiary/aromatic N) is 3. The first-order valence-corrected chi connectivity index (χ1v) is 13.2. The number of carbonyl (C=O) groups excluding carboxylic acids is 1. The largest absolute Gasteiger partial charge is 0.405 e. The van der Waals surface area contributed by atoms with E-state index in [2.05, 4.69) is 10.3 Å². The first-order chi connectivity index (χ1) is 19.0. The van der Waals surface area contributed by atoms with Crippen LogP contribution in [0.5, 0.6) is 0 Å². The molecule has 1 aromatic heterocycles. The molecule has 40 heavy (non-hydrogen) atoms. The third kappa shape index (κ3) is 4.71. The van der Waals surface area contributed by atoms with E-state index in [1.807, 2.05) is 54.8 Å². The summed E-state index contributed by atoms with van der Waals surface area (Å²) >= 11 is 0. The lowest BCUT2D eigenvalue weighted by molar-refractivity contribution is -0.383. The summed E-state index contributed by atoms with van der Waals surface area (Å²) in [4.78, 5) is 29.4. The van der Waals surface area contributed by atoms with Gasteiger partial charge in [0.25, 0.3) is 5.69 Å². The van der Waals surface area contributed by atoms with Crippen molar-refractivity contribution in [2.24, 2.45) is 0 Å². The van der Waals surface area contributed by atoms with Gasteiger partial charge in [-0.1, -0.05) is 68.4 Å². The summed E-state index contributed by atoms with van der Waals surface area (Å²) in [7, 11) is 0. The lowest BCUT2D eigenvalue weighted by Gasteiger charge is -2.31. The van der Waals surface area contributed by atoms with Crippen molar-refractivity contribution in [1.82, 2.24) is 14.9 Å². The van der Waals surface area contributed by atoms with Crippen LogP contribution in [0.4, 0.5) is 18.9 Å². The van der Waals surface area contributed by atoms with Crippen LogP contribution < -0.4 is 5.32 Å². The first-order valence-electron chi connectivity index (χ1n) is 13.2. The molecule has 4 aromatic rings. The van der Waals surface area contributed by atoms with Crippen LogP contribution in [0.3, 0.4) is 0 Å². The number of carbonyl (C=O) groups is 1. The average molecular weight is 551 g/mol. The molecule has 0 unspecified atom stereocenters. The summed E-state index contributed by atoms with van der Waals surface area (Å²) in [5.74, 6) is 0.0624. The Balaban J connectivity index is 1.47. The maximum atomic E-state index is 13.7. The van der Waals surface area contributed by atoms with Gasteiger partial charge in [0.05, 0.1) is 10.4 Å². The molecule has 10 heteroatoms. The molecule has 0 aliphatic heterocycles. The minimum Gasteiger partial charge on any atom is -0.346 e. The van der Waals surface area contributed by atoms with E-state index < -0.39 is 29.0 Å². The highest BCUT2D eigenvalue weighted by Gasteiger charge is 2.49. The van der Waals surface area contributed by atoms with Gasteiger partial charge in [0.2, 0.25) is 5.91 Å². The Hall–Kier alpha value is -4.21. The van der Waals surface area contributed by atoms with Crippen LogP contribution in [0.2, 0.25) is 0 Å². The smallest absolute Gasteiger partial charge is 0.346 e. The van der Waals surface area contributed by atoms with Gasteiger partial charge in [0, 0.05) is 18.5 Å². The third-order valence-electron chi connectivity index (χ3n) is 7.58. The van der Waals surface area contributed by atoms with Crippen LogP contribution in [0.1, 0.15) is 56.0 Å². The van der Waals surface area contributed by atoms with Crippen molar-refractivity contribution in [2.45, 2.75) is 57.2 Å². The molecule has 1 N–H and O–H groups in total. The molecule has 7 nitrogen and oxygen atoms in total. The molecular formula is C30H29F3N4O3. The Bertz CT molecular complexity index is 1550. The fraction of sp³-hybridized carbons (Fsp3) is 0.333. The molecule has 3 aromatic carbocycles. The number of aryl methyl sites for hydroxylation is 1. The predicted octanol–water partition coefficient (Wildman–Crippen LogP) is 6.88. The molecule has 0 saturated carbocycles. The predicted molar refractivity (Wildman–Crippen MR) is 146 cm³/mol. The lowest BCUT2D eigenvalue weighted by atomic mass is 9.73. The molecule has 0 spiro atoms. The summed E-state index contributed by atoms with van der Waals surface area (Å²) in [5.41, 5.74) is 2.74. The average Bonchev–Trinajstić information content (AvgIpc) is 3.44. The number of amides is 1. The van der Waals surface area contributed by atoms with Crippen LogP contribution in [0.15, 0.2) is 66.7 Å². The Kier molecular flexibility index (Phi) is 7.12. The van der Waals surface area contributed by atoms with Crippen LogP contribution in [-0.4, -0.2) is 33.1 Å². The number of nitro groups is 1. The zero-order valence-electron chi connectivity index (χ0n) is 22.2. The number of hydrogen-bond donors (Lipinski definition) is 1. The van der Waals surface area contributed by atoms with Crippen molar-refractivity contribution in [3.63, 3.8) is 0 Å². The van der Waals surface area contributed by atoms with E-state index in [0.717, 1.165) is 17.0 Å². The number of alkyl halides is 3. The number of para-hydroxylation sites is 1. The van der Waals surface area contributed by atoms with Crippen LogP contribution >= 0.6 is 0 Å². The second-order valence-corrected chi connectivity index (χ2v) is 10.4. The fourth-order valence-corrected chi connectivity index (χ4v) is 5.92. The number of imidazole rings is 1. The minimum atomic E-state index is -4.53. The topological polar surface area (TPSA) is 90.1 Å². The van der Waals surface area contributed by atoms with Crippen LogP contribution in [0, 0.1) is 10.1 Å². The summed E-state index contributed by atoms with van der Waals surface area (Å²) in [6.07, 6.45) is -3.12. The maximum absolute atomic E-state index is 13.7. The van der Waals surface area contributed by atoms with Crippen molar-refractivity contribution in [2.75, 3.05) is 6.54 Å². The molecule has 1 amide bonds. The Morgan fingerprint density at radius 3 is 2.20 bits per heavy atom. The van der Waals surface area contributed by atoms with E-state index in [4.69, 9.17) is 0 Å².